The van der Waals surface area contributed by atoms with Crippen LogP contribution in [0.25, 0.3) is 0 Å². The second kappa shape index (κ2) is 13.6. The van der Waals surface area contributed by atoms with Crippen molar-refractivity contribution >= 4 is 27.7 Å². The zero-order chi connectivity index (χ0) is 28.7. The fourth-order valence-corrected chi connectivity index (χ4v) is 5.76. The lowest BCUT2D eigenvalue weighted by atomic mass is 9.82. The van der Waals surface area contributed by atoms with Gasteiger partial charge < -0.3 is 19.7 Å². The number of nitrogens with one attached hydrogen (secondary N) is 2. The maximum absolute atomic E-state index is 14.3. The lowest BCUT2D eigenvalue weighted by molar-refractivity contribution is -0.130. The van der Waals surface area contributed by atoms with Gasteiger partial charge in [0.05, 0.1) is 12.7 Å². The van der Waals surface area contributed by atoms with Crippen LogP contribution in [-0.2, 0) is 16.0 Å². The minimum atomic E-state index is -1.31. The quantitative estimate of drug-likeness (QED) is 0.183. The van der Waals surface area contributed by atoms with E-state index in [0.29, 0.717) is 43.9 Å². The van der Waals surface area contributed by atoms with Crippen molar-refractivity contribution in [3.05, 3.63) is 100 Å². The largest absolute Gasteiger partial charge is 0.494 e. The van der Waals surface area contributed by atoms with Crippen molar-refractivity contribution in [2.24, 2.45) is 4.99 Å². The summed E-state index contributed by atoms with van der Waals surface area (Å²) >= 11 is 3.66. The van der Waals surface area contributed by atoms with Gasteiger partial charge in [0.2, 0.25) is 5.90 Å². The third-order valence-electron chi connectivity index (χ3n) is 7.64. The van der Waals surface area contributed by atoms with Gasteiger partial charge in [-0.25, -0.2) is 10.4 Å². The zero-order valence-electron chi connectivity index (χ0n) is 22.8. The van der Waals surface area contributed by atoms with Crippen LogP contribution in [-0.4, -0.2) is 52.9 Å². The van der Waals surface area contributed by atoms with Crippen LogP contribution < -0.4 is 15.6 Å². The molecule has 8 nitrogen and oxygen atoms in total. The minimum Gasteiger partial charge on any atom is -0.494 e. The van der Waals surface area contributed by atoms with Crippen LogP contribution in [0.5, 0.6) is 5.75 Å². The first kappa shape index (κ1) is 29.3. The Hall–Kier alpha value is -3.24. The standard InChI is InChI=1S/C32H36BrN3O5/c33-28-10-5-4-9-24(28)21-32(31(39)36-35-25-13-15-26(38)16-14-25)29(22-7-2-1-3-8-22)41-30(34-32)23-11-17-27(18-12-23)40-20-6-19-37/h1-5,7-12,17-18,25-26,29,35,37-38H,6,13-16,19-21H2,(H,36,39)/t25?,26?,29-,32-/m0/s1. The highest BCUT2D eigenvalue weighted by Crippen LogP contribution is 2.43. The number of aliphatic hydroxyl groups excluding tert-OH is 2. The number of rotatable bonds is 11. The second-order valence-electron chi connectivity index (χ2n) is 10.6. The summed E-state index contributed by atoms with van der Waals surface area (Å²) in [6.07, 6.45) is 2.85. The van der Waals surface area contributed by atoms with Gasteiger partial charge in [-0.3, -0.25) is 10.2 Å². The Morgan fingerprint density at radius 2 is 1.71 bits per heavy atom. The van der Waals surface area contributed by atoms with Crippen molar-refractivity contribution in [3.63, 3.8) is 0 Å². The van der Waals surface area contributed by atoms with Crippen LogP contribution in [0.4, 0.5) is 0 Å². The lowest BCUT2D eigenvalue weighted by Crippen LogP contribution is -2.56. The summed E-state index contributed by atoms with van der Waals surface area (Å²) in [6, 6.07) is 25.0. The number of carbonyl (C=O) groups is 1. The number of hydrazine groups is 1. The highest BCUT2D eigenvalue weighted by Gasteiger charge is 2.53. The number of carbonyl (C=O) groups excluding carboxylic acids is 1. The molecule has 41 heavy (non-hydrogen) atoms. The van der Waals surface area contributed by atoms with Crippen LogP contribution in [0, 0.1) is 0 Å². The van der Waals surface area contributed by atoms with Crippen molar-refractivity contribution in [2.75, 3.05) is 13.2 Å². The Balaban J connectivity index is 1.50. The second-order valence-corrected chi connectivity index (χ2v) is 11.4. The molecule has 3 aromatic carbocycles. The number of amides is 1. The maximum Gasteiger partial charge on any atom is 0.266 e. The number of aliphatic hydroxyl groups is 2. The summed E-state index contributed by atoms with van der Waals surface area (Å²) in [5.41, 5.74) is 7.41. The summed E-state index contributed by atoms with van der Waals surface area (Å²) in [5, 5.41) is 18.9. The first-order valence-corrected chi connectivity index (χ1v) is 14.9. The average Bonchev–Trinajstić information content (AvgIpc) is 3.39. The molecule has 9 heteroatoms. The molecule has 0 unspecified atom stereocenters. The molecule has 0 aromatic heterocycles. The minimum absolute atomic E-state index is 0.0715. The van der Waals surface area contributed by atoms with Crippen molar-refractivity contribution in [1.29, 1.82) is 0 Å². The first-order chi connectivity index (χ1) is 20.0. The fraction of sp³-hybridized carbons (Fsp3) is 0.375. The molecular formula is C32H36BrN3O5. The van der Waals surface area contributed by atoms with E-state index in [9.17, 15) is 9.90 Å². The maximum atomic E-state index is 14.3. The number of aliphatic imine (C=N–C) groups is 1. The normalized spacial score (nSPS) is 23.9. The van der Waals surface area contributed by atoms with Crippen LogP contribution >= 0.6 is 15.9 Å². The van der Waals surface area contributed by atoms with Crippen LogP contribution in [0.2, 0.25) is 0 Å². The van der Waals surface area contributed by atoms with Gasteiger partial charge in [0.15, 0.2) is 11.6 Å². The molecule has 0 bridgehead atoms. The van der Waals surface area contributed by atoms with Gasteiger partial charge in [-0.1, -0.05) is 64.5 Å². The number of ether oxygens (including phenoxy) is 2. The first-order valence-electron chi connectivity index (χ1n) is 14.1. The number of hydrogen-bond donors (Lipinski definition) is 4. The van der Waals surface area contributed by atoms with Gasteiger partial charge in [0, 0.05) is 35.5 Å². The summed E-state index contributed by atoms with van der Waals surface area (Å²) in [5.74, 6) is 0.773. The zero-order valence-corrected chi connectivity index (χ0v) is 24.4. The smallest absolute Gasteiger partial charge is 0.266 e. The molecule has 1 amide bonds. The molecule has 1 heterocycles. The Morgan fingerprint density at radius 1 is 1.00 bits per heavy atom. The molecule has 3 aromatic rings. The number of nitrogens with zero attached hydrogens (tertiary/aromatic N) is 1. The van der Waals surface area contributed by atoms with E-state index in [1.165, 1.54) is 0 Å². The predicted molar refractivity (Wildman–Crippen MR) is 161 cm³/mol. The molecule has 1 fully saturated rings. The van der Waals surface area contributed by atoms with Gasteiger partial charge in [-0.05, 0) is 67.1 Å². The SMILES string of the molecule is O=C(NNC1CCC(O)CC1)[C@@]1(Cc2ccccc2Br)N=C(c2ccc(OCCCO)cc2)O[C@H]1c1ccccc1. The van der Waals surface area contributed by atoms with Gasteiger partial charge in [0.25, 0.3) is 5.91 Å². The van der Waals surface area contributed by atoms with Crippen LogP contribution in [0.15, 0.2) is 88.3 Å². The number of hydrogen-bond acceptors (Lipinski definition) is 7. The number of benzene rings is 3. The van der Waals surface area contributed by atoms with Crippen LogP contribution in [0.3, 0.4) is 0 Å². The Morgan fingerprint density at radius 3 is 2.41 bits per heavy atom. The Kier molecular flexibility index (Phi) is 9.72. The average molecular weight is 623 g/mol. The summed E-state index contributed by atoms with van der Waals surface area (Å²) in [4.78, 5) is 19.4. The van der Waals surface area contributed by atoms with Crippen molar-refractivity contribution in [3.8, 4) is 5.75 Å². The molecule has 4 N–H and O–H groups in total. The van der Waals surface area contributed by atoms with E-state index >= 15 is 0 Å². The third kappa shape index (κ3) is 6.98. The monoisotopic (exact) mass is 621 g/mol. The summed E-state index contributed by atoms with van der Waals surface area (Å²) in [7, 11) is 0. The summed E-state index contributed by atoms with van der Waals surface area (Å²) in [6.45, 7) is 0.494. The van der Waals surface area contributed by atoms with Gasteiger partial charge in [0.1, 0.15) is 5.75 Å². The molecule has 2 atom stereocenters. The van der Waals surface area contributed by atoms with Crippen molar-refractivity contribution in [2.45, 2.75) is 62.3 Å². The van der Waals surface area contributed by atoms with E-state index in [1.807, 2.05) is 78.9 Å². The van der Waals surface area contributed by atoms with Gasteiger partial charge >= 0.3 is 0 Å². The molecule has 1 saturated carbocycles. The van der Waals surface area contributed by atoms with E-state index in [-0.39, 0.29) is 24.7 Å². The van der Waals surface area contributed by atoms with Crippen LogP contribution in [0.1, 0.15) is 54.9 Å². The number of halogens is 1. The molecule has 0 spiro atoms. The molecule has 0 radical (unpaired) electrons. The molecule has 0 saturated heterocycles. The van der Waals surface area contributed by atoms with E-state index in [4.69, 9.17) is 19.6 Å². The lowest BCUT2D eigenvalue weighted by Gasteiger charge is -2.33. The molecule has 1 aliphatic carbocycles. The van der Waals surface area contributed by atoms with Gasteiger partial charge in [-0.15, -0.1) is 0 Å². The van der Waals surface area contributed by atoms with Crippen molar-refractivity contribution in [1.82, 2.24) is 10.9 Å². The Labute approximate surface area is 248 Å². The molecule has 5 rings (SSSR count). The topological polar surface area (TPSA) is 112 Å². The highest BCUT2D eigenvalue weighted by molar-refractivity contribution is 9.10. The van der Waals surface area contributed by atoms with Gasteiger partial charge in [-0.2, -0.15) is 0 Å². The van der Waals surface area contributed by atoms with E-state index in [0.717, 1.165) is 34.0 Å². The molecular weight excluding hydrogens is 586 g/mol. The molecule has 216 valence electrons. The molecule has 1 aliphatic heterocycles. The Bertz CT molecular complexity index is 1330. The van der Waals surface area contributed by atoms with E-state index in [2.05, 4.69) is 26.8 Å². The predicted octanol–water partition coefficient (Wildman–Crippen LogP) is 4.63. The van der Waals surface area contributed by atoms with E-state index in [1.54, 1.807) is 0 Å². The fourth-order valence-electron chi connectivity index (χ4n) is 5.34. The molecule has 2 aliphatic rings. The van der Waals surface area contributed by atoms with E-state index < -0.39 is 11.6 Å². The van der Waals surface area contributed by atoms with Crippen molar-refractivity contribution < 1.29 is 24.5 Å². The highest BCUT2D eigenvalue weighted by atomic mass is 79.9. The summed E-state index contributed by atoms with van der Waals surface area (Å²) < 4.78 is 13.1. The third-order valence-corrected chi connectivity index (χ3v) is 8.41.